The minimum Gasteiger partial charge on any atom is -0.744 e. The summed E-state index contributed by atoms with van der Waals surface area (Å²) in [7, 11) is -4.69. The summed E-state index contributed by atoms with van der Waals surface area (Å²) in [6, 6.07) is 0.772. The van der Waals surface area contributed by atoms with Crippen LogP contribution in [0.5, 0.6) is 0 Å². The van der Waals surface area contributed by atoms with Gasteiger partial charge in [-0.25, -0.2) is 18.9 Å². The molecule has 12 heteroatoms. The molecule has 114 valence electrons. The van der Waals surface area contributed by atoms with E-state index >= 15 is 0 Å². The Bertz CT molecular complexity index is 719. The van der Waals surface area contributed by atoms with E-state index in [9.17, 15) is 27.7 Å². The smallest absolute Gasteiger partial charge is 0.744 e. The van der Waals surface area contributed by atoms with Gasteiger partial charge in [0.1, 0.15) is 10.1 Å². The molecule has 1 heterocycles. The largest absolute Gasteiger partial charge is 1.00 e. The van der Waals surface area contributed by atoms with Crippen LogP contribution in [0, 0.1) is 6.92 Å². The van der Waals surface area contributed by atoms with Crippen LogP contribution >= 0.6 is 11.6 Å². The molecule has 1 atom stereocenters. The topological polar surface area (TPSA) is 130 Å². The molecule has 1 N–H and O–H groups in total. The molecule has 2 rings (SSSR count). The molecule has 0 radical (unpaired) electrons. The standard InChI is InChI=1S/C11H11ClN2O6S.2Na/c1-5-2-6(21(18,19)20)3-7(12)10(5)14-9(15)4-8(13-14)11(16)17;;/h2-3,8,13H,4H2,1H3,(H,16,17)(H,18,19,20);;/q;2*+1/p-2. The molecule has 0 bridgehead atoms. The Balaban J connectivity index is 0.00000242. The van der Waals surface area contributed by atoms with Gasteiger partial charge in [-0.2, -0.15) is 0 Å². The zero-order chi connectivity index (χ0) is 15.9. The van der Waals surface area contributed by atoms with Crippen molar-refractivity contribution in [3.63, 3.8) is 0 Å². The summed E-state index contributed by atoms with van der Waals surface area (Å²) in [6.45, 7) is 1.44. The van der Waals surface area contributed by atoms with Crippen molar-refractivity contribution >= 4 is 39.3 Å². The molecule has 0 aliphatic carbocycles. The Morgan fingerprint density at radius 3 is 2.35 bits per heavy atom. The SMILES string of the molecule is Cc1cc(S(=O)(=O)[O-])cc(Cl)c1N1NC(C(=O)[O-])CC1=O.[Na+].[Na+]. The number of nitrogens with one attached hydrogen (secondary N) is 1. The number of carbonyl (C=O) groups excluding carboxylic acids is 2. The molecule has 1 saturated heterocycles. The number of carbonyl (C=O) groups is 2. The molecule has 1 aromatic carbocycles. The fourth-order valence-electron chi connectivity index (χ4n) is 2.00. The molecule has 8 nitrogen and oxygen atoms in total. The van der Waals surface area contributed by atoms with E-state index in [0.717, 1.165) is 17.1 Å². The predicted octanol–water partition coefficient (Wildman–Crippen LogP) is -7.08. The number of aryl methyl sites for hydroxylation is 1. The van der Waals surface area contributed by atoms with Crippen molar-refractivity contribution in [1.82, 2.24) is 5.43 Å². The number of carboxylic acids is 1. The maximum atomic E-state index is 11.8. The molecule has 1 unspecified atom stereocenters. The Morgan fingerprint density at radius 2 is 1.96 bits per heavy atom. The number of hydrogen-bond donors (Lipinski definition) is 1. The van der Waals surface area contributed by atoms with Crippen molar-refractivity contribution in [2.45, 2.75) is 24.3 Å². The molecule has 0 spiro atoms. The molecule has 1 amide bonds. The minimum absolute atomic E-state index is 0. The fourth-order valence-corrected chi connectivity index (χ4v) is 3.00. The van der Waals surface area contributed by atoms with Gasteiger partial charge in [-0.05, 0) is 24.6 Å². The van der Waals surface area contributed by atoms with Crippen LogP contribution in [-0.4, -0.2) is 30.9 Å². The molecule has 1 fully saturated rings. The first kappa shape index (κ1) is 23.3. The van der Waals surface area contributed by atoms with Crippen LogP contribution in [0.2, 0.25) is 5.02 Å². The number of hydrazine groups is 1. The quantitative estimate of drug-likeness (QED) is 0.408. The average molecular weight is 379 g/mol. The normalized spacial score (nSPS) is 17.4. The van der Waals surface area contributed by atoms with Crippen molar-refractivity contribution in [3.05, 3.63) is 22.7 Å². The zero-order valence-electron chi connectivity index (χ0n) is 12.6. The van der Waals surface area contributed by atoms with Gasteiger partial charge in [0.15, 0.2) is 0 Å². The Hall–Kier alpha value is 0.320. The van der Waals surface area contributed by atoms with E-state index in [0.29, 0.717) is 0 Å². The predicted molar refractivity (Wildman–Crippen MR) is 68.2 cm³/mol. The van der Waals surface area contributed by atoms with Crippen LogP contribution in [0.1, 0.15) is 12.0 Å². The third-order valence-electron chi connectivity index (χ3n) is 2.94. The van der Waals surface area contributed by atoms with E-state index in [1.54, 1.807) is 0 Å². The van der Waals surface area contributed by atoms with Crippen molar-refractivity contribution in [2.24, 2.45) is 0 Å². The van der Waals surface area contributed by atoms with Gasteiger partial charge in [0, 0.05) is 0 Å². The minimum atomic E-state index is -4.69. The molecule has 0 saturated carbocycles. The van der Waals surface area contributed by atoms with Crippen molar-refractivity contribution in [1.29, 1.82) is 0 Å². The second kappa shape index (κ2) is 8.61. The molecule has 1 aromatic rings. The first-order valence-corrected chi connectivity index (χ1v) is 7.46. The zero-order valence-corrected chi connectivity index (χ0v) is 18.2. The van der Waals surface area contributed by atoms with E-state index in [1.165, 1.54) is 6.92 Å². The molecule has 0 aromatic heterocycles. The fraction of sp³-hybridized carbons (Fsp3) is 0.273. The van der Waals surface area contributed by atoms with Crippen molar-refractivity contribution < 1.29 is 86.8 Å². The van der Waals surface area contributed by atoms with Crippen LogP contribution in [0.4, 0.5) is 5.69 Å². The average Bonchev–Trinajstić information content (AvgIpc) is 2.69. The van der Waals surface area contributed by atoms with Gasteiger partial charge in [-0.1, -0.05) is 11.6 Å². The Morgan fingerprint density at radius 1 is 1.39 bits per heavy atom. The third-order valence-corrected chi connectivity index (χ3v) is 4.04. The van der Waals surface area contributed by atoms with Gasteiger partial charge < -0.3 is 14.5 Å². The van der Waals surface area contributed by atoms with E-state index in [1.807, 2.05) is 0 Å². The molecule has 1 aliphatic heterocycles. The van der Waals surface area contributed by atoms with Gasteiger partial charge in [-0.15, -0.1) is 0 Å². The number of anilines is 1. The Kier molecular flexibility index (Phi) is 8.73. The van der Waals surface area contributed by atoms with Gasteiger partial charge >= 0.3 is 59.1 Å². The summed E-state index contributed by atoms with van der Waals surface area (Å²) in [6.07, 6.45) is -0.320. The van der Waals surface area contributed by atoms with E-state index in [4.69, 9.17) is 11.6 Å². The first-order chi connectivity index (χ1) is 9.61. The summed E-state index contributed by atoms with van der Waals surface area (Å²) in [5.41, 5.74) is 2.73. The maximum absolute atomic E-state index is 11.8. The number of benzene rings is 1. The molecule has 23 heavy (non-hydrogen) atoms. The van der Waals surface area contributed by atoms with Gasteiger partial charge in [0.25, 0.3) is 0 Å². The summed E-state index contributed by atoms with van der Waals surface area (Å²) >= 11 is 5.91. The van der Waals surface area contributed by atoms with Gasteiger partial charge in [0.05, 0.1) is 34.0 Å². The van der Waals surface area contributed by atoms with Gasteiger partial charge in [-0.3, -0.25) is 4.79 Å². The van der Waals surface area contributed by atoms with Crippen LogP contribution < -0.4 is 74.7 Å². The van der Waals surface area contributed by atoms with E-state index in [-0.39, 0.29) is 81.8 Å². The number of nitrogens with zero attached hydrogens (tertiary/aromatic N) is 1. The first-order valence-electron chi connectivity index (χ1n) is 5.67. The van der Waals surface area contributed by atoms with Gasteiger partial charge in [0.2, 0.25) is 5.91 Å². The summed E-state index contributed by atoms with van der Waals surface area (Å²) in [5.74, 6) is -2.01. The second-order valence-electron chi connectivity index (χ2n) is 4.46. The second-order valence-corrected chi connectivity index (χ2v) is 6.25. The number of aliphatic carboxylic acids is 1. The number of halogens is 1. The number of amides is 1. The summed E-state index contributed by atoms with van der Waals surface area (Å²) in [4.78, 5) is 22.1. The number of carboxylic acid groups (broad SMARTS) is 1. The summed E-state index contributed by atoms with van der Waals surface area (Å²) in [5, 5.41) is 11.5. The van der Waals surface area contributed by atoms with Crippen molar-refractivity contribution in [3.8, 4) is 0 Å². The summed E-state index contributed by atoms with van der Waals surface area (Å²) < 4.78 is 32.9. The van der Waals surface area contributed by atoms with Crippen molar-refractivity contribution in [2.75, 3.05) is 5.01 Å². The monoisotopic (exact) mass is 378 g/mol. The van der Waals surface area contributed by atoms with Crippen LogP contribution in [0.15, 0.2) is 17.0 Å². The molecular formula is C11H9ClN2Na2O6S. The third kappa shape index (κ3) is 5.15. The molecular weight excluding hydrogens is 370 g/mol. The van der Waals surface area contributed by atoms with E-state index < -0.39 is 32.9 Å². The van der Waals surface area contributed by atoms with Crippen LogP contribution in [0.3, 0.4) is 0 Å². The molecule has 1 aliphatic rings. The number of rotatable bonds is 3. The van der Waals surface area contributed by atoms with E-state index in [2.05, 4.69) is 5.43 Å². The number of hydrogen-bond acceptors (Lipinski definition) is 7. The maximum Gasteiger partial charge on any atom is 1.00 e. The van der Waals surface area contributed by atoms with Crippen LogP contribution in [-0.2, 0) is 19.7 Å². The Labute approximate surface area is 181 Å². The van der Waals surface area contributed by atoms with Crippen LogP contribution in [0.25, 0.3) is 0 Å².